The molecule has 1 aromatic carbocycles. The lowest BCUT2D eigenvalue weighted by Crippen LogP contribution is -2.43. The zero-order valence-electron chi connectivity index (χ0n) is 15.6. The molecule has 1 saturated heterocycles. The molecule has 0 spiro atoms. The first-order valence-electron chi connectivity index (χ1n) is 8.97. The van der Waals surface area contributed by atoms with E-state index in [4.69, 9.17) is 0 Å². The van der Waals surface area contributed by atoms with Crippen LogP contribution in [-0.2, 0) is 21.8 Å². The summed E-state index contributed by atoms with van der Waals surface area (Å²) >= 11 is 1.16. The van der Waals surface area contributed by atoms with E-state index in [2.05, 4.69) is 15.2 Å². The van der Waals surface area contributed by atoms with E-state index in [1.807, 2.05) is 0 Å². The number of nitrogens with zero attached hydrogens (tertiary/aromatic N) is 2. The topological polar surface area (TPSA) is 62.3 Å². The molecule has 0 bridgehead atoms. The van der Waals surface area contributed by atoms with Gasteiger partial charge in [0.1, 0.15) is 10.0 Å². The van der Waals surface area contributed by atoms with Gasteiger partial charge >= 0.3 is 6.18 Å². The van der Waals surface area contributed by atoms with Crippen molar-refractivity contribution in [2.75, 3.05) is 31.1 Å². The predicted octanol–water partition coefficient (Wildman–Crippen LogP) is 4.12. The van der Waals surface area contributed by atoms with Crippen molar-refractivity contribution in [1.82, 2.24) is 10.3 Å². The molecule has 1 aliphatic rings. The Bertz CT molecular complexity index is 1130. The fourth-order valence-corrected chi connectivity index (χ4v) is 6.10. The maximum Gasteiger partial charge on any atom is 0.416 e. The molecule has 1 aliphatic heterocycles. The minimum absolute atomic E-state index is 0. The van der Waals surface area contributed by atoms with E-state index in [1.165, 1.54) is 12.1 Å². The van der Waals surface area contributed by atoms with E-state index in [9.17, 15) is 21.6 Å². The van der Waals surface area contributed by atoms with Crippen LogP contribution in [0.4, 0.5) is 19.0 Å². The van der Waals surface area contributed by atoms with Crippen molar-refractivity contribution in [3.8, 4) is 0 Å². The van der Waals surface area contributed by atoms with E-state index < -0.39 is 21.6 Å². The second kappa shape index (κ2) is 8.70. The summed E-state index contributed by atoms with van der Waals surface area (Å²) in [4.78, 5) is 6.57. The molecule has 0 radical (unpaired) electrons. The maximum absolute atomic E-state index is 12.9. The van der Waals surface area contributed by atoms with E-state index in [0.717, 1.165) is 65.6 Å². The van der Waals surface area contributed by atoms with Gasteiger partial charge in [0.15, 0.2) is 9.84 Å². The Kier molecular flexibility index (Phi) is 6.61. The Morgan fingerprint density at radius 3 is 2.40 bits per heavy atom. The zero-order valence-corrected chi connectivity index (χ0v) is 18.1. The lowest BCUT2D eigenvalue weighted by molar-refractivity contribution is -0.137. The smallest absolute Gasteiger partial charge is 0.354 e. The number of nitrogens with one attached hydrogen (secondary N) is 1. The summed E-state index contributed by atoms with van der Waals surface area (Å²) in [5.41, 5.74) is -0.483. The van der Waals surface area contributed by atoms with Gasteiger partial charge < -0.3 is 10.2 Å². The van der Waals surface area contributed by atoms with Gasteiger partial charge in [-0.05, 0) is 29.8 Å². The number of alkyl halides is 3. The molecule has 30 heavy (non-hydrogen) atoms. The molecule has 1 N–H and O–H groups in total. The lowest BCUT2D eigenvalue weighted by Gasteiger charge is -2.28. The quantitative estimate of drug-likeness (QED) is 0.612. The van der Waals surface area contributed by atoms with Crippen molar-refractivity contribution in [2.24, 2.45) is 0 Å². The van der Waals surface area contributed by atoms with Crippen molar-refractivity contribution < 1.29 is 21.6 Å². The van der Waals surface area contributed by atoms with E-state index in [0.29, 0.717) is 5.56 Å². The number of thiophene rings is 1. The molecule has 11 heteroatoms. The molecular formula is C19H19ClF3N3O2S2. The van der Waals surface area contributed by atoms with Gasteiger partial charge in [-0.3, -0.25) is 0 Å². The molecule has 5 nitrogen and oxygen atoms in total. The molecule has 3 heterocycles. The molecule has 0 unspecified atom stereocenters. The van der Waals surface area contributed by atoms with Crippen LogP contribution in [0.15, 0.2) is 46.8 Å². The highest BCUT2D eigenvalue weighted by atomic mass is 35.5. The summed E-state index contributed by atoms with van der Waals surface area (Å²) in [7, 11) is -3.69. The molecule has 0 amide bonds. The number of aromatic nitrogens is 1. The van der Waals surface area contributed by atoms with Crippen LogP contribution in [0.25, 0.3) is 10.1 Å². The number of pyridine rings is 1. The lowest BCUT2D eigenvalue weighted by atomic mass is 10.1. The molecule has 0 atom stereocenters. The third-order valence-corrected chi connectivity index (χ3v) is 8.11. The second-order valence-electron chi connectivity index (χ2n) is 6.80. The Hall–Kier alpha value is -1.88. The first-order chi connectivity index (χ1) is 13.7. The molecule has 1 fully saturated rings. The van der Waals surface area contributed by atoms with Crippen LogP contribution in [-0.4, -0.2) is 39.6 Å². The number of halogens is 4. The van der Waals surface area contributed by atoms with Gasteiger partial charge in [-0.2, -0.15) is 13.2 Å². The summed E-state index contributed by atoms with van der Waals surface area (Å²) in [5, 5.41) is 4.05. The Morgan fingerprint density at radius 2 is 1.77 bits per heavy atom. The van der Waals surface area contributed by atoms with Crippen LogP contribution in [0.3, 0.4) is 0 Å². The first kappa shape index (κ1) is 22.8. The van der Waals surface area contributed by atoms with E-state index in [-0.39, 0.29) is 22.4 Å². The molecule has 0 saturated carbocycles. The van der Waals surface area contributed by atoms with Crippen LogP contribution in [0.1, 0.15) is 11.1 Å². The van der Waals surface area contributed by atoms with Gasteiger partial charge in [0.05, 0.1) is 11.3 Å². The van der Waals surface area contributed by atoms with Crippen LogP contribution < -0.4 is 10.2 Å². The van der Waals surface area contributed by atoms with Gasteiger partial charge in [-0.15, -0.1) is 23.7 Å². The number of hydrogen-bond donors (Lipinski definition) is 1. The number of rotatable bonds is 4. The minimum atomic E-state index is -4.45. The van der Waals surface area contributed by atoms with Crippen LogP contribution in [0.5, 0.6) is 0 Å². The second-order valence-corrected chi connectivity index (χ2v) is 10.1. The van der Waals surface area contributed by atoms with Crippen molar-refractivity contribution >= 4 is 49.5 Å². The average molecular weight is 478 g/mol. The van der Waals surface area contributed by atoms with Crippen molar-refractivity contribution in [2.45, 2.75) is 16.1 Å². The number of hydrogen-bond acceptors (Lipinski definition) is 6. The fourth-order valence-electron chi connectivity index (χ4n) is 3.29. The monoisotopic (exact) mass is 477 g/mol. The van der Waals surface area contributed by atoms with Crippen molar-refractivity contribution in [3.05, 3.63) is 53.7 Å². The highest BCUT2D eigenvalue weighted by Crippen LogP contribution is 2.36. The van der Waals surface area contributed by atoms with Crippen LogP contribution in [0, 0.1) is 0 Å². The summed E-state index contributed by atoms with van der Waals surface area (Å²) in [5.74, 6) is 0.408. The molecule has 0 aliphatic carbocycles. The number of piperazine rings is 1. The standard InChI is InChI=1S/C19H18F3N3O2S2.ClH/c20-19(21,22)14-3-1-13(2-4-14)12-29(26,27)17-11-15-16(28-17)5-6-24-18(15)25-9-7-23-8-10-25;/h1-6,11,23H,7-10,12H2;1H. The molecule has 4 rings (SSSR count). The largest absolute Gasteiger partial charge is 0.416 e. The van der Waals surface area contributed by atoms with Crippen molar-refractivity contribution in [3.63, 3.8) is 0 Å². The Labute approximate surface area is 182 Å². The number of sulfone groups is 1. The highest BCUT2D eigenvalue weighted by molar-refractivity contribution is 7.92. The molecular weight excluding hydrogens is 459 g/mol. The van der Waals surface area contributed by atoms with Gasteiger partial charge in [-0.1, -0.05) is 12.1 Å². The zero-order chi connectivity index (χ0) is 20.6. The van der Waals surface area contributed by atoms with E-state index >= 15 is 0 Å². The Balaban J connectivity index is 0.00000256. The summed E-state index contributed by atoms with van der Waals surface area (Å²) in [6, 6.07) is 7.64. The highest BCUT2D eigenvalue weighted by Gasteiger charge is 2.30. The predicted molar refractivity (Wildman–Crippen MR) is 114 cm³/mol. The average Bonchev–Trinajstić information content (AvgIpc) is 3.13. The third kappa shape index (κ3) is 4.72. The SMILES string of the molecule is Cl.O=S(=O)(Cc1ccc(C(F)(F)F)cc1)c1cc2c(N3CCNCC3)nccc2s1. The fraction of sp³-hybridized carbons (Fsp3) is 0.316. The normalized spacial score (nSPS) is 15.2. The van der Waals surface area contributed by atoms with Crippen LogP contribution >= 0.6 is 23.7 Å². The van der Waals surface area contributed by atoms with Crippen LogP contribution in [0.2, 0.25) is 0 Å². The number of anilines is 1. The van der Waals surface area contributed by atoms with Gasteiger partial charge in [0, 0.05) is 42.5 Å². The Morgan fingerprint density at radius 1 is 1.10 bits per heavy atom. The maximum atomic E-state index is 12.9. The molecule has 2 aromatic heterocycles. The first-order valence-corrected chi connectivity index (χ1v) is 11.4. The molecule has 3 aromatic rings. The van der Waals surface area contributed by atoms with E-state index in [1.54, 1.807) is 18.3 Å². The minimum Gasteiger partial charge on any atom is -0.354 e. The number of benzene rings is 1. The van der Waals surface area contributed by atoms with Gasteiger partial charge in [0.25, 0.3) is 0 Å². The summed E-state index contributed by atoms with van der Waals surface area (Å²) in [6.07, 6.45) is -2.78. The summed E-state index contributed by atoms with van der Waals surface area (Å²) in [6.45, 7) is 3.24. The number of fused-ring (bicyclic) bond motifs is 1. The van der Waals surface area contributed by atoms with Gasteiger partial charge in [-0.25, -0.2) is 13.4 Å². The third-order valence-electron chi connectivity index (χ3n) is 4.76. The summed E-state index contributed by atoms with van der Waals surface area (Å²) < 4.78 is 64.9. The van der Waals surface area contributed by atoms with Gasteiger partial charge in [0.2, 0.25) is 0 Å². The van der Waals surface area contributed by atoms with Crippen molar-refractivity contribution in [1.29, 1.82) is 0 Å². The molecule has 162 valence electrons.